The van der Waals surface area contributed by atoms with Crippen LogP contribution in [0.25, 0.3) is 0 Å². The van der Waals surface area contributed by atoms with Crippen molar-refractivity contribution in [3.63, 3.8) is 0 Å². The Kier molecular flexibility index (Phi) is 4.84. The number of benzene rings is 1. The molecule has 0 aliphatic carbocycles. The molecule has 0 radical (unpaired) electrons. The molecular formula is C12H13ClO5. The standard InChI is InChI=1S/C12H13ClO5/c1-6(15)10(13)8-2-7(5-14)3-9(4-8)11(16)12(17)18/h2-4,10-11,14,16H,5H2,1H3,(H,17,18). The lowest BCUT2D eigenvalue weighted by molar-refractivity contribution is -0.146. The average molecular weight is 273 g/mol. The van der Waals surface area contributed by atoms with Crippen molar-refractivity contribution in [2.75, 3.05) is 0 Å². The Hall–Kier alpha value is -1.43. The molecule has 0 saturated carbocycles. The van der Waals surface area contributed by atoms with E-state index in [4.69, 9.17) is 21.8 Å². The zero-order valence-corrected chi connectivity index (χ0v) is 10.4. The Morgan fingerprint density at radius 2 is 1.83 bits per heavy atom. The number of carboxylic acid groups (broad SMARTS) is 1. The molecular weight excluding hydrogens is 260 g/mol. The molecule has 0 bridgehead atoms. The number of carbonyl (C=O) groups excluding carboxylic acids is 1. The van der Waals surface area contributed by atoms with Gasteiger partial charge in [-0.15, -0.1) is 11.6 Å². The summed E-state index contributed by atoms with van der Waals surface area (Å²) >= 11 is 5.87. The maximum atomic E-state index is 11.2. The second-order valence-corrected chi connectivity index (χ2v) is 4.32. The molecule has 2 atom stereocenters. The third-order valence-electron chi connectivity index (χ3n) is 2.42. The second kappa shape index (κ2) is 5.95. The normalized spacial score (nSPS) is 14.0. The summed E-state index contributed by atoms with van der Waals surface area (Å²) < 4.78 is 0. The van der Waals surface area contributed by atoms with Crippen molar-refractivity contribution < 1.29 is 24.9 Å². The molecule has 98 valence electrons. The molecule has 18 heavy (non-hydrogen) atoms. The van der Waals surface area contributed by atoms with Gasteiger partial charge in [0.1, 0.15) is 5.38 Å². The van der Waals surface area contributed by atoms with Gasteiger partial charge >= 0.3 is 5.97 Å². The summed E-state index contributed by atoms with van der Waals surface area (Å²) in [5.74, 6) is -1.72. The number of carboxylic acids is 1. The molecule has 6 heteroatoms. The van der Waals surface area contributed by atoms with Crippen LogP contribution in [0.4, 0.5) is 0 Å². The number of Topliss-reactive ketones (excluding diaryl/α,β-unsaturated/α-hetero) is 1. The number of rotatable bonds is 5. The van der Waals surface area contributed by atoms with Crippen molar-refractivity contribution in [2.45, 2.75) is 25.0 Å². The molecule has 0 aliphatic rings. The fraction of sp³-hybridized carbons (Fsp3) is 0.333. The number of carbonyl (C=O) groups is 2. The lowest BCUT2D eigenvalue weighted by atomic mass is 9.99. The van der Waals surface area contributed by atoms with Gasteiger partial charge in [-0.1, -0.05) is 18.2 Å². The van der Waals surface area contributed by atoms with E-state index >= 15 is 0 Å². The summed E-state index contributed by atoms with van der Waals surface area (Å²) in [4.78, 5) is 21.9. The Morgan fingerprint density at radius 1 is 1.28 bits per heavy atom. The number of hydrogen-bond donors (Lipinski definition) is 3. The molecule has 0 saturated heterocycles. The van der Waals surface area contributed by atoms with Gasteiger partial charge in [-0.05, 0) is 23.6 Å². The SMILES string of the molecule is CC(=O)C(Cl)c1cc(CO)cc(C(O)C(=O)O)c1. The highest BCUT2D eigenvalue weighted by molar-refractivity contribution is 6.30. The highest BCUT2D eigenvalue weighted by Crippen LogP contribution is 2.26. The van der Waals surface area contributed by atoms with E-state index < -0.39 is 17.5 Å². The van der Waals surface area contributed by atoms with E-state index in [1.54, 1.807) is 0 Å². The minimum Gasteiger partial charge on any atom is -0.479 e. The smallest absolute Gasteiger partial charge is 0.337 e. The van der Waals surface area contributed by atoms with E-state index in [1.165, 1.54) is 25.1 Å². The van der Waals surface area contributed by atoms with Gasteiger partial charge in [-0.3, -0.25) is 4.79 Å². The summed E-state index contributed by atoms with van der Waals surface area (Å²) in [5, 5.41) is 26.3. The summed E-state index contributed by atoms with van der Waals surface area (Å²) in [6.45, 7) is 0.964. The van der Waals surface area contributed by atoms with Crippen molar-refractivity contribution in [3.05, 3.63) is 34.9 Å². The Bertz CT molecular complexity index is 433. The van der Waals surface area contributed by atoms with Crippen LogP contribution in [-0.2, 0) is 16.2 Å². The lowest BCUT2D eigenvalue weighted by Gasteiger charge is -2.13. The minimum atomic E-state index is -1.72. The zero-order chi connectivity index (χ0) is 13.9. The van der Waals surface area contributed by atoms with Crippen LogP contribution in [-0.4, -0.2) is 27.1 Å². The van der Waals surface area contributed by atoms with Crippen LogP contribution >= 0.6 is 11.6 Å². The third kappa shape index (κ3) is 3.29. The maximum Gasteiger partial charge on any atom is 0.337 e. The van der Waals surface area contributed by atoms with Gasteiger partial charge in [-0.25, -0.2) is 4.79 Å². The van der Waals surface area contributed by atoms with Crippen LogP contribution in [0.1, 0.15) is 35.1 Å². The molecule has 5 nitrogen and oxygen atoms in total. The van der Waals surface area contributed by atoms with E-state index in [-0.39, 0.29) is 18.0 Å². The molecule has 3 N–H and O–H groups in total. The number of ketones is 1. The Labute approximate surface area is 109 Å². The van der Waals surface area contributed by atoms with Crippen LogP contribution in [0, 0.1) is 0 Å². The maximum absolute atomic E-state index is 11.2. The Morgan fingerprint density at radius 3 is 2.28 bits per heavy atom. The van der Waals surface area contributed by atoms with Gasteiger partial charge in [0.25, 0.3) is 0 Å². The molecule has 2 unspecified atom stereocenters. The number of halogens is 1. The topological polar surface area (TPSA) is 94.8 Å². The van der Waals surface area contributed by atoms with Gasteiger partial charge in [0.05, 0.1) is 6.61 Å². The first kappa shape index (κ1) is 14.6. The van der Waals surface area contributed by atoms with Crippen molar-refractivity contribution in [2.24, 2.45) is 0 Å². The van der Waals surface area contributed by atoms with E-state index in [1.807, 2.05) is 0 Å². The number of aliphatic carboxylic acids is 1. The van der Waals surface area contributed by atoms with Crippen LogP contribution in [0.3, 0.4) is 0 Å². The first-order chi connectivity index (χ1) is 8.36. The average Bonchev–Trinajstić information content (AvgIpc) is 2.35. The van der Waals surface area contributed by atoms with Crippen LogP contribution in [0.2, 0.25) is 0 Å². The van der Waals surface area contributed by atoms with E-state index in [2.05, 4.69) is 0 Å². The highest BCUT2D eigenvalue weighted by atomic mass is 35.5. The molecule has 0 heterocycles. The first-order valence-electron chi connectivity index (χ1n) is 5.16. The van der Waals surface area contributed by atoms with E-state index in [0.717, 1.165) is 0 Å². The summed E-state index contributed by atoms with van der Waals surface area (Å²) in [6, 6.07) is 4.19. The number of aliphatic hydroxyl groups excluding tert-OH is 2. The van der Waals surface area contributed by atoms with Gasteiger partial charge in [0.15, 0.2) is 11.9 Å². The number of aliphatic hydroxyl groups is 2. The molecule has 1 rings (SSSR count). The zero-order valence-electron chi connectivity index (χ0n) is 9.63. The molecule has 1 aromatic rings. The van der Waals surface area contributed by atoms with Crippen molar-refractivity contribution >= 4 is 23.4 Å². The van der Waals surface area contributed by atoms with Crippen molar-refractivity contribution in [1.82, 2.24) is 0 Å². The molecule has 0 spiro atoms. The Balaban J connectivity index is 3.25. The number of hydrogen-bond acceptors (Lipinski definition) is 4. The molecule has 0 amide bonds. The summed E-state index contributed by atoms with van der Waals surface area (Å²) in [6.07, 6.45) is -1.72. The largest absolute Gasteiger partial charge is 0.479 e. The fourth-order valence-corrected chi connectivity index (χ4v) is 1.64. The van der Waals surface area contributed by atoms with Crippen LogP contribution < -0.4 is 0 Å². The molecule has 0 aromatic heterocycles. The lowest BCUT2D eigenvalue weighted by Crippen LogP contribution is -2.12. The quantitative estimate of drug-likeness (QED) is 0.699. The van der Waals surface area contributed by atoms with Crippen molar-refractivity contribution in [3.8, 4) is 0 Å². The van der Waals surface area contributed by atoms with Crippen molar-refractivity contribution in [1.29, 1.82) is 0 Å². The minimum absolute atomic E-state index is 0.0796. The van der Waals surface area contributed by atoms with Gasteiger partial charge in [-0.2, -0.15) is 0 Å². The monoisotopic (exact) mass is 272 g/mol. The molecule has 1 aromatic carbocycles. The fourth-order valence-electron chi connectivity index (χ4n) is 1.52. The third-order valence-corrected chi connectivity index (χ3v) is 2.98. The summed E-state index contributed by atoms with van der Waals surface area (Å²) in [5.41, 5.74) is 0.816. The van der Waals surface area contributed by atoms with Crippen LogP contribution in [0.15, 0.2) is 18.2 Å². The molecule has 0 fully saturated rings. The van der Waals surface area contributed by atoms with Gasteiger partial charge in [0, 0.05) is 0 Å². The van der Waals surface area contributed by atoms with E-state index in [9.17, 15) is 14.7 Å². The first-order valence-corrected chi connectivity index (χ1v) is 5.60. The second-order valence-electron chi connectivity index (χ2n) is 3.88. The number of alkyl halides is 1. The predicted octanol–water partition coefficient (Wildman–Crippen LogP) is 1.17. The highest BCUT2D eigenvalue weighted by Gasteiger charge is 2.20. The van der Waals surface area contributed by atoms with E-state index in [0.29, 0.717) is 11.1 Å². The molecule has 0 aliphatic heterocycles. The van der Waals surface area contributed by atoms with Gasteiger partial charge in [0.2, 0.25) is 0 Å². The van der Waals surface area contributed by atoms with Crippen LogP contribution in [0.5, 0.6) is 0 Å². The van der Waals surface area contributed by atoms with Gasteiger partial charge < -0.3 is 15.3 Å². The summed E-state index contributed by atoms with van der Waals surface area (Å²) in [7, 11) is 0. The predicted molar refractivity (Wildman–Crippen MR) is 64.2 cm³/mol.